The Balaban J connectivity index is 1.34. The molecule has 2 aliphatic rings. The van der Waals surface area contributed by atoms with Gasteiger partial charge in [0.1, 0.15) is 17.1 Å². The molecule has 5 heterocycles. The Kier molecular flexibility index (Phi) is 8.03. The number of rotatable bonds is 10. The third-order valence-corrected chi connectivity index (χ3v) is 9.35. The van der Waals surface area contributed by atoms with Crippen molar-refractivity contribution in [2.45, 2.75) is 29.6 Å². The van der Waals surface area contributed by atoms with Crippen molar-refractivity contribution in [3.05, 3.63) is 28.4 Å². The quantitative estimate of drug-likeness (QED) is 0.0369. The second-order valence-corrected chi connectivity index (χ2v) is 12.1. The molecular formula is C22H23N11O7S3. The highest BCUT2D eigenvalue weighted by Crippen LogP contribution is 2.41. The molecule has 0 radical (unpaired) electrons. The number of aliphatic carboxylic acids is 2. The fourth-order valence-electron chi connectivity index (χ4n) is 4.12. The van der Waals surface area contributed by atoms with Gasteiger partial charge in [0, 0.05) is 16.9 Å². The van der Waals surface area contributed by atoms with Gasteiger partial charge in [0.25, 0.3) is 23.4 Å². The number of carbonyl (C=O) groups excluding carboxylic acids is 3. The van der Waals surface area contributed by atoms with E-state index in [1.807, 2.05) is 0 Å². The standard InChI is InChI=1S/C22H23N11O7S3/c1-7(18(36)37)40-30-12(9-6-42-21(25)26-9)15(34)28-13-16(35)32-14(19(38)39)8(4-41-17(13)32)5-43-22-27-10(23)3-11-31(2)20(24)29-33(11)22/h3,6-7,13,17,23H,4-5H2,1-2H3,(H7,24,25,26,28,29,34,36,37,38,39)/b30-12-/t7-,13?,17+/m1/s1. The number of fused-ring (bicyclic) bond motifs is 2. The molecule has 0 aromatic carbocycles. The highest BCUT2D eigenvalue weighted by atomic mass is 32.2. The number of anilines is 3. The molecule has 3 aromatic rings. The number of carboxylic acid groups (broad SMARTS) is 2. The highest BCUT2D eigenvalue weighted by Gasteiger charge is 2.53. The monoisotopic (exact) mass is 649 g/mol. The minimum atomic E-state index is -1.56. The average Bonchev–Trinajstić information content (AvgIpc) is 3.51. The molecule has 8 N–H and O–H groups in total. The zero-order valence-corrected chi connectivity index (χ0v) is 24.7. The van der Waals surface area contributed by atoms with E-state index in [0.717, 1.165) is 28.0 Å². The van der Waals surface area contributed by atoms with Gasteiger partial charge in [0.2, 0.25) is 11.9 Å². The molecule has 0 bridgehead atoms. The summed E-state index contributed by atoms with van der Waals surface area (Å²) in [6, 6.07) is 0.465. The van der Waals surface area contributed by atoms with E-state index in [-0.39, 0.29) is 39.8 Å². The van der Waals surface area contributed by atoms with Crippen LogP contribution < -0.4 is 32.1 Å². The number of nitrogen functional groups attached to an aromatic ring is 3. The smallest absolute Gasteiger partial charge is 0.347 e. The number of hydrogen-bond acceptors (Lipinski definition) is 16. The lowest BCUT2D eigenvalue weighted by Gasteiger charge is -2.50. The molecule has 2 amide bonds. The molecule has 2 aliphatic heterocycles. The molecule has 21 heteroatoms. The number of carboxylic acids is 2. The number of aryl methyl sites for hydroxylation is 1. The first-order valence-corrected chi connectivity index (χ1v) is 15.1. The van der Waals surface area contributed by atoms with Gasteiger partial charge in [0.15, 0.2) is 10.8 Å². The number of hydrogen-bond donors (Lipinski definition) is 5. The van der Waals surface area contributed by atoms with Crippen LogP contribution in [0, 0.1) is 0 Å². The summed E-state index contributed by atoms with van der Waals surface area (Å²) in [7, 11) is 1.70. The zero-order chi connectivity index (χ0) is 31.2. The summed E-state index contributed by atoms with van der Waals surface area (Å²) < 4.78 is 3.09. The Labute approximate surface area is 253 Å². The number of aromatic nitrogens is 5. The number of amides is 2. The molecule has 3 atom stereocenters. The maximum Gasteiger partial charge on any atom is 0.347 e. The van der Waals surface area contributed by atoms with E-state index >= 15 is 0 Å². The SMILES string of the molecule is C[C@@H](O/N=C(\C(=O)NC1C(=O)N2C(C(=O)[O-])=C(CSc3nc(N)cc4n(C)c(N)n[n+]34)CS[C@@H]12)c1csc(N)n1)C(=O)O. The number of oxime groups is 1. The Bertz CT molecular complexity index is 1740. The van der Waals surface area contributed by atoms with Gasteiger partial charge in [-0.3, -0.25) is 14.5 Å². The van der Waals surface area contributed by atoms with E-state index in [9.17, 15) is 24.3 Å². The van der Waals surface area contributed by atoms with Crippen molar-refractivity contribution < 1.29 is 38.7 Å². The van der Waals surface area contributed by atoms with Crippen LogP contribution in [-0.4, -0.2) is 88.1 Å². The molecule has 43 heavy (non-hydrogen) atoms. The number of β-lactam (4-membered cyclic amide) rings is 1. The summed E-state index contributed by atoms with van der Waals surface area (Å²) in [6.45, 7) is 1.21. The van der Waals surface area contributed by atoms with E-state index < -0.39 is 47.0 Å². The molecule has 5 rings (SSSR count). The van der Waals surface area contributed by atoms with Crippen molar-refractivity contribution >= 4 is 86.9 Å². The summed E-state index contributed by atoms with van der Waals surface area (Å²) in [5, 5.41) is 32.8. The van der Waals surface area contributed by atoms with Crippen molar-refractivity contribution in [1.29, 1.82) is 0 Å². The van der Waals surface area contributed by atoms with Crippen LogP contribution in [0.2, 0.25) is 0 Å². The van der Waals surface area contributed by atoms with Gasteiger partial charge in [-0.05, 0) is 29.4 Å². The summed E-state index contributed by atoms with van der Waals surface area (Å²) in [4.78, 5) is 63.9. The number of nitrogens with zero attached hydrogens (tertiary/aromatic N) is 7. The second-order valence-electron chi connectivity index (χ2n) is 9.14. The number of thiazole rings is 1. The molecule has 0 spiro atoms. The van der Waals surface area contributed by atoms with Crippen molar-refractivity contribution in [2.75, 3.05) is 28.7 Å². The van der Waals surface area contributed by atoms with Gasteiger partial charge in [0.05, 0.1) is 24.8 Å². The van der Waals surface area contributed by atoms with Gasteiger partial charge < -0.3 is 42.4 Å². The van der Waals surface area contributed by atoms with Gasteiger partial charge in [-0.15, -0.1) is 23.1 Å². The van der Waals surface area contributed by atoms with Crippen LogP contribution >= 0.6 is 34.9 Å². The normalized spacial score (nSPS) is 19.2. The lowest BCUT2D eigenvalue weighted by atomic mass is 10.0. The Hall–Kier alpha value is -4.63. The molecule has 0 saturated carbocycles. The molecule has 3 aromatic heterocycles. The van der Waals surface area contributed by atoms with Crippen LogP contribution in [0.5, 0.6) is 0 Å². The van der Waals surface area contributed by atoms with E-state index in [4.69, 9.17) is 27.1 Å². The average molecular weight is 650 g/mol. The van der Waals surface area contributed by atoms with Crippen molar-refractivity contribution in [1.82, 2.24) is 29.9 Å². The van der Waals surface area contributed by atoms with Crippen LogP contribution in [-0.2, 0) is 31.1 Å². The summed E-state index contributed by atoms with van der Waals surface area (Å²) in [6.07, 6.45) is -1.38. The second kappa shape index (κ2) is 11.6. The van der Waals surface area contributed by atoms with E-state index in [0.29, 0.717) is 16.4 Å². The van der Waals surface area contributed by atoms with Crippen LogP contribution in [0.3, 0.4) is 0 Å². The fourth-order valence-corrected chi connectivity index (χ4v) is 7.11. The lowest BCUT2D eigenvalue weighted by molar-refractivity contribution is -0.621. The molecule has 1 fully saturated rings. The summed E-state index contributed by atoms with van der Waals surface area (Å²) in [5.74, 6) is -3.74. The van der Waals surface area contributed by atoms with Crippen molar-refractivity contribution in [3.8, 4) is 0 Å². The van der Waals surface area contributed by atoms with Gasteiger partial charge >= 0.3 is 11.1 Å². The van der Waals surface area contributed by atoms with Gasteiger partial charge in [-0.2, -0.15) is 0 Å². The molecule has 1 unspecified atom stereocenters. The predicted molar refractivity (Wildman–Crippen MR) is 152 cm³/mol. The Morgan fingerprint density at radius 3 is 2.74 bits per heavy atom. The number of carbonyl (C=O) groups is 4. The Morgan fingerprint density at radius 2 is 2.09 bits per heavy atom. The molecular weight excluding hydrogens is 627 g/mol. The minimum Gasteiger partial charge on any atom is -0.543 e. The van der Waals surface area contributed by atoms with Crippen LogP contribution in [0.25, 0.3) is 5.65 Å². The zero-order valence-electron chi connectivity index (χ0n) is 22.3. The van der Waals surface area contributed by atoms with Crippen molar-refractivity contribution in [2.24, 2.45) is 12.2 Å². The van der Waals surface area contributed by atoms with Crippen LogP contribution in [0.15, 0.2) is 33.0 Å². The van der Waals surface area contributed by atoms with E-state index in [2.05, 4.69) is 25.5 Å². The molecule has 0 aliphatic carbocycles. The number of nitrogens with two attached hydrogens (primary N) is 3. The van der Waals surface area contributed by atoms with Gasteiger partial charge in [-0.1, -0.05) is 14.7 Å². The topological polar surface area (TPSA) is 274 Å². The minimum absolute atomic E-state index is 0.00365. The lowest BCUT2D eigenvalue weighted by Crippen LogP contribution is -2.71. The first-order valence-electron chi connectivity index (χ1n) is 12.2. The molecule has 18 nitrogen and oxygen atoms in total. The molecule has 1 saturated heterocycles. The van der Waals surface area contributed by atoms with E-state index in [1.54, 1.807) is 17.7 Å². The third kappa shape index (κ3) is 5.60. The first-order chi connectivity index (χ1) is 20.4. The first kappa shape index (κ1) is 29.8. The van der Waals surface area contributed by atoms with Crippen LogP contribution in [0.1, 0.15) is 12.6 Å². The number of thioether (sulfide) groups is 2. The fraction of sp³-hybridized carbons (Fsp3) is 0.318. The van der Waals surface area contributed by atoms with Gasteiger partial charge in [-0.25, -0.2) is 14.3 Å². The maximum absolute atomic E-state index is 13.2. The van der Waals surface area contributed by atoms with E-state index in [1.165, 1.54) is 28.6 Å². The summed E-state index contributed by atoms with van der Waals surface area (Å²) in [5.41, 5.74) is 17.8. The van der Waals surface area contributed by atoms with Crippen LogP contribution in [0.4, 0.5) is 16.9 Å². The molecule has 226 valence electrons. The largest absolute Gasteiger partial charge is 0.543 e. The predicted octanol–water partition coefficient (Wildman–Crippen LogP) is -2.85. The maximum atomic E-state index is 13.2. The third-order valence-electron chi connectivity index (χ3n) is 6.32. The van der Waals surface area contributed by atoms with Crippen molar-refractivity contribution in [3.63, 3.8) is 0 Å². The number of nitrogens with one attached hydrogen (secondary N) is 1. The highest BCUT2D eigenvalue weighted by molar-refractivity contribution is 8.01. The Morgan fingerprint density at radius 1 is 1.35 bits per heavy atom. The summed E-state index contributed by atoms with van der Waals surface area (Å²) >= 11 is 3.39.